The van der Waals surface area contributed by atoms with Crippen molar-refractivity contribution in [2.24, 2.45) is 0 Å². The summed E-state index contributed by atoms with van der Waals surface area (Å²) >= 11 is 0. The lowest BCUT2D eigenvalue weighted by atomic mass is 9.91. The molecular weight excluding hydrogens is 483 g/mol. The third-order valence-electron chi connectivity index (χ3n) is 6.24. The molecule has 1 aromatic heterocycles. The zero-order chi connectivity index (χ0) is 27.0. The molecule has 1 atom stereocenters. The van der Waals surface area contributed by atoms with E-state index in [2.05, 4.69) is 21.2 Å². The number of aliphatic hydroxyl groups is 1. The third-order valence-corrected chi connectivity index (χ3v) is 6.24. The quantitative estimate of drug-likeness (QED) is 0.270. The number of hydrogen-bond acceptors (Lipinski definition) is 6. The van der Waals surface area contributed by atoms with Gasteiger partial charge in [-0.15, -0.1) is 6.42 Å². The summed E-state index contributed by atoms with van der Waals surface area (Å²) in [5.74, 6) is -1.02. The minimum Gasteiger partial charge on any atom is -0.490 e. The van der Waals surface area contributed by atoms with Crippen molar-refractivity contribution in [3.05, 3.63) is 58.7 Å². The van der Waals surface area contributed by atoms with E-state index in [-0.39, 0.29) is 5.56 Å². The summed E-state index contributed by atoms with van der Waals surface area (Å²) in [4.78, 5) is 8.92. The molecule has 1 aliphatic rings. The summed E-state index contributed by atoms with van der Waals surface area (Å²) in [6.45, 7) is 5.98. The van der Waals surface area contributed by atoms with Gasteiger partial charge in [0, 0.05) is 10.9 Å². The van der Waals surface area contributed by atoms with Crippen LogP contribution in [0.15, 0.2) is 30.3 Å². The number of halogens is 3. The first-order valence-corrected chi connectivity index (χ1v) is 12.1. The van der Waals surface area contributed by atoms with E-state index in [1.807, 2.05) is 0 Å². The van der Waals surface area contributed by atoms with Gasteiger partial charge in [-0.2, -0.15) is 8.78 Å². The summed E-state index contributed by atoms with van der Waals surface area (Å²) in [6.07, 6.45) is 8.13. The number of rotatable bonds is 10. The first-order chi connectivity index (χ1) is 17.4. The number of hydrogen-bond donors (Lipinski definition) is 2. The molecule has 2 N–H and O–H groups in total. The Morgan fingerprint density at radius 1 is 1.22 bits per heavy atom. The molecule has 1 aliphatic carbocycles. The van der Waals surface area contributed by atoms with E-state index in [4.69, 9.17) is 15.9 Å². The van der Waals surface area contributed by atoms with Gasteiger partial charge >= 0.3 is 5.92 Å². The molecule has 196 valence electrons. The van der Waals surface area contributed by atoms with Gasteiger partial charge in [0.2, 0.25) is 0 Å². The molecule has 37 heavy (non-hydrogen) atoms. The van der Waals surface area contributed by atoms with E-state index in [1.54, 1.807) is 26.0 Å². The second-order valence-corrected chi connectivity index (χ2v) is 9.76. The maximum absolute atomic E-state index is 15.3. The number of anilines is 1. The second-order valence-electron chi connectivity index (χ2n) is 9.76. The number of terminal acetylenes is 1. The minimum absolute atomic E-state index is 0.000200. The smallest absolute Gasteiger partial charge is 0.303 e. The Hall–Kier alpha value is -3.35. The molecule has 3 aromatic rings. The van der Waals surface area contributed by atoms with E-state index in [0.717, 1.165) is 32.8 Å². The Bertz CT molecular complexity index is 1340. The molecule has 1 saturated carbocycles. The molecule has 1 unspecified atom stereocenters. The van der Waals surface area contributed by atoms with Gasteiger partial charge in [0.15, 0.2) is 0 Å². The number of aryl methyl sites for hydroxylation is 1. The molecule has 1 fully saturated rings. The molecule has 6 nitrogen and oxygen atoms in total. The average Bonchev–Trinajstić information content (AvgIpc) is 3.65. The van der Waals surface area contributed by atoms with E-state index in [9.17, 15) is 13.9 Å². The molecular formula is C28H30F3N3O3. The predicted molar refractivity (Wildman–Crippen MR) is 135 cm³/mol. The summed E-state index contributed by atoms with van der Waals surface area (Å²) < 4.78 is 56.4. The summed E-state index contributed by atoms with van der Waals surface area (Å²) in [5.41, 5.74) is -2.25. The van der Waals surface area contributed by atoms with Crippen LogP contribution in [0, 0.1) is 25.1 Å². The van der Waals surface area contributed by atoms with Crippen LogP contribution in [0.25, 0.3) is 10.9 Å². The number of benzene rings is 2. The molecule has 9 heteroatoms. The Morgan fingerprint density at radius 2 is 1.95 bits per heavy atom. The number of ether oxygens (including phenoxy) is 2. The van der Waals surface area contributed by atoms with Gasteiger partial charge in [0.25, 0.3) is 0 Å². The van der Waals surface area contributed by atoms with Gasteiger partial charge in [0.1, 0.15) is 35.4 Å². The number of nitrogens with one attached hydrogen (secondary N) is 1. The number of fused-ring (bicyclic) bond motifs is 1. The second kappa shape index (κ2) is 10.2. The van der Waals surface area contributed by atoms with Crippen LogP contribution in [0.3, 0.4) is 0 Å². The highest BCUT2D eigenvalue weighted by Crippen LogP contribution is 2.41. The fraction of sp³-hybridized carbons (Fsp3) is 0.429. The van der Waals surface area contributed by atoms with Crippen molar-refractivity contribution in [2.45, 2.75) is 64.2 Å². The van der Waals surface area contributed by atoms with Crippen LogP contribution >= 0.6 is 0 Å². The molecule has 0 radical (unpaired) electrons. The summed E-state index contributed by atoms with van der Waals surface area (Å²) in [6, 6.07) is 6.40. The molecule has 0 saturated heterocycles. The number of nitrogens with zero attached hydrogens (tertiary/aromatic N) is 2. The lowest BCUT2D eigenvalue weighted by Crippen LogP contribution is -2.41. The normalized spacial score (nSPS) is 14.9. The summed E-state index contributed by atoms with van der Waals surface area (Å²) in [5, 5.41) is 13.6. The molecule has 4 rings (SSSR count). The van der Waals surface area contributed by atoms with Gasteiger partial charge in [-0.25, -0.2) is 14.4 Å². The zero-order valence-corrected chi connectivity index (χ0v) is 21.2. The molecule has 0 spiro atoms. The highest BCUT2D eigenvalue weighted by atomic mass is 19.3. The highest BCUT2D eigenvalue weighted by molar-refractivity contribution is 5.92. The Labute approximate surface area is 214 Å². The van der Waals surface area contributed by atoms with Crippen LogP contribution in [-0.4, -0.2) is 40.0 Å². The fourth-order valence-electron chi connectivity index (χ4n) is 3.95. The topological polar surface area (TPSA) is 76.5 Å². The Kier molecular flexibility index (Phi) is 7.36. The monoisotopic (exact) mass is 513 g/mol. The molecule has 0 bridgehead atoms. The Morgan fingerprint density at radius 3 is 2.59 bits per heavy atom. The van der Waals surface area contributed by atoms with E-state index < -0.39 is 28.9 Å². The van der Waals surface area contributed by atoms with Crippen molar-refractivity contribution in [3.63, 3.8) is 0 Å². The third kappa shape index (κ3) is 5.65. The van der Waals surface area contributed by atoms with Crippen LogP contribution < -0.4 is 10.1 Å². The maximum atomic E-state index is 15.3. The van der Waals surface area contributed by atoms with Crippen LogP contribution in [0.1, 0.15) is 62.2 Å². The van der Waals surface area contributed by atoms with Gasteiger partial charge < -0.3 is 19.9 Å². The largest absolute Gasteiger partial charge is 0.490 e. The number of aromatic nitrogens is 2. The van der Waals surface area contributed by atoms with Crippen molar-refractivity contribution in [3.8, 4) is 18.1 Å². The SMILES string of the molecule is C#Cc1cc2nc(C)nc(NC(C)c3cccc(C(F)(F)C(C)(C)O)c3F)c2cc1OCCOC1CC1. The van der Waals surface area contributed by atoms with Crippen molar-refractivity contribution < 1.29 is 27.8 Å². The first kappa shape index (κ1) is 26.7. The van der Waals surface area contributed by atoms with E-state index >= 15 is 4.39 Å². The van der Waals surface area contributed by atoms with Gasteiger partial charge in [-0.3, -0.25) is 0 Å². The van der Waals surface area contributed by atoms with Crippen LogP contribution in [0.4, 0.5) is 19.0 Å². The molecule has 2 aromatic carbocycles. The lowest BCUT2D eigenvalue weighted by Gasteiger charge is -2.30. The molecule has 0 amide bonds. The van der Waals surface area contributed by atoms with Crippen molar-refractivity contribution in [2.75, 3.05) is 18.5 Å². The molecule has 0 aliphatic heterocycles. The van der Waals surface area contributed by atoms with Gasteiger partial charge in [0.05, 0.1) is 35.4 Å². The lowest BCUT2D eigenvalue weighted by molar-refractivity contribution is -0.170. The summed E-state index contributed by atoms with van der Waals surface area (Å²) in [7, 11) is 0. The van der Waals surface area contributed by atoms with E-state index in [0.29, 0.717) is 53.2 Å². The maximum Gasteiger partial charge on any atom is 0.303 e. The van der Waals surface area contributed by atoms with Crippen LogP contribution in [0.2, 0.25) is 0 Å². The highest BCUT2D eigenvalue weighted by Gasteiger charge is 2.49. The Balaban J connectivity index is 1.66. The minimum atomic E-state index is -3.80. The van der Waals surface area contributed by atoms with E-state index in [1.165, 1.54) is 12.1 Å². The first-order valence-electron chi connectivity index (χ1n) is 12.1. The van der Waals surface area contributed by atoms with Gasteiger partial charge in [-0.05, 0) is 58.7 Å². The standard InChI is InChI=1S/C28H30F3N3O3/c1-6-18-14-23-21(15-24(18)37-13-12-36-19-10-11-19)26(34-17(3)33-23)32-16(2)20-8-7-9-22(25(20)29)28(30,31)27(4,5)35/h1,7-9,14-16,19,35H,10-13H2,2-5H3,(H,32,33,34). The predicted octanol–water partition coefficient (Wildman–Crippen LogP) is 5.65. The van der Waals surface area contributed by atoms with Crippen molar-refractivity contribution in [1.82, 2.24) is 9.97 Å². The zero-order valence-electron chi connectivity index (χ0n) is 21.2. The van der Waals surface area contributed by atoms with Crippen LogP contribution in [0.5, 0.6) is 5.75 Å². The van der Waals surface area contributed by atoms with Crippen LogP contribution in [-0.2, 0) is 10.7 Å². The van der Waals surface area contributed by atoms with Crippen molar-refractivity contribution >= 4 is 16.7 Å². The van der Waals surface area contributed by atoms with Gasteiger partial charge in [-0.1, -0.05) is 18.1 Å². The number of alkyl halides is 2. The molecule has 1 heterocycles. The fourth-order valence-corrected chi connectivity index (χ4v) is 3.95. The van der Waals surface area contributed by atoms with Crippen molar-refractivity contribution in [1.29, 1.82) is 0 Å². The average molecular weight is 514 g/mol.